The molecule has 0 saturated heterocycles. The summed E-state index contributed by atoms with van der Waals surface area (Å²) in [7, 11) is 0. The number of benzene rings is 1. The van der Waals surface area contributed by atoms with E-state index in [4.69, 9.17) is 0 Å². The number of urea groups is 1. The van der Waals surface area contributed by atoms with Crippen LogP contribution >= 0.6 is 37.2 Å². The van der Waals surface area contributed by atoms with Crippen LogP contribution in [0.4, 0.5) is 10.5 Å². The van der Waals surface area contributed by atoms with Gasteiger partial charge >= 0.3 is 6.03 Å². The molecule has 1 aromatic carbocycles. The van der Waals surface area contributed by atoms with Crippen LogP contribution in [-0.4, -0.2) is 17.5 Å². The molecule has 3 N–H and O–H groups in total. The van der Waals surface area contributed by atoms with Crippen LogP contribution < -0.4 is 11.1 Å². The Bertz CT molecular complexity index is 328. The van der Waals surface area contributed by atoms with Crippen LogP contribution in [0.5, 0.6) is 0 Å². The van der Waals surface area contributed by atoms with E-state index in [2.05, 4.69) is 48.3 Å². The van der Waals surface area contributed by atoms with Crippen molar-refractivity contribution in [3.8, 4) is 0 Å². The number of nitrogens with one attached hydrogen (secondary N) is 1. The Morgan fingerprint density at radius 1 is 1.47 bits per heavy atom. The monoisotopic (exact) mass is 467 g/mol. The van der Waals surface area contributed by atoms with Gasteiger partial charge in [-0.3, -0.25) is 10.1 Å². The van der Waals surface area contributed by atoms with E-state index in [0.717, 1.165) is 0 Å². The van der Waals surface area contributed by atoms with Crippen molar-refractivity contribution < 1.29 is 11.1 Å². The van der Waals surface area contributed by atoms with E-state index < -0.39 is 11.0 Å². The standard InChI is InChI=1S/C6H5NO2.C3H8N2O.I2.H2/c8-7(9)6-4-2-1-3-5-6;1-2-5-3(4)6;1-2;/h1-5H;2H2,1H3,(H3,4,5,6);;1H. The molecule has 0 aliphatic carbocycles. The minimum atomic E-state index is -0.461. The van der Waals surface area contributed by atoms with Crippen LogP contribution in [0.25, 0.3) is 0 Å². The van der Waals surface area contributed by atoms with Crippen LogP contribution in [0.2, 0.25) is 0 Å². The number of halogens is 2. The summed E-state index contributed by atoms with van der Waals surface area (Å²) in [6.45, 7) is 2.42. The number of nitrogens with zero attached hydrogens (tertiary/aromatic N) is 1. The molecule has 0 aromatic heterocycles. The van der Waals surface area contributed by atoms with Gasteiger partial charge in [-0.25, -0.2) is 4.79 Å². The fraction of sp³-hybridized carbons (Fsp3) is 0.222. The van der Waals surface area contributed by atoms with Crippen LogP contribution in [0.15, 0.2) is 30.3 Å². The number of amides is 2. The smallest absolute Gasteiger partial charge is 0.312 e. The summed E-state index contributed by atoms with van der Waals surface area (Å²) in [5.41, 5.74) is 4.79. The Morgan fingerprint density at radius 3 is 2.12 bits per heavy atom. The van der Waals surface area contributed by atoms with Gasteiger partial charge in [-0.05, 0) is 6.92 Å². The summed E-state index contributed by atoms with van der Waals surface area (Å²) < 4.78 is 0. The predicted octanol–water partition coefficient (Wildman–Crippen LogP) is 3.29. The number of hydrogen-bond donors (Lipinski definition) is 2. The first-order chi connectivity index (χ1) is 8.07. The highest BCUT2D eigenvalue weighted by molar-refractivity contribution is 15.0. The van der Waals surface area contributed by atoms with Gasteiger partial charge in [0.25, 0.3) is 5.69 Å². The third kappa shape index (κ3) is 13.3. The summed E-state index contributed by atoms with van der Waals surface area (Å²) in [5.74, 6) is 0. The highest BCUT2D eigenvalue weighted by Gasteiger charge is 1.98. The maximum Gasteiger partial charge on any atom is 0.312 e. The summed E-state index contributed by atoms with van der Waals surface area (Å²) in [6.07, 6.45) is 0. The summed E-state index contributed by atoms with van der Waals surface area (Å²) in [5, 5.41) is 12.4. The van der Waals surface area contributed by atoms with Crippen molar-refractivity contribution in [3.05, 3.63) is 40.4 Å². The molecule has 0 aliphatic rings. The number of primary amides is 1. The lowest BCUT2D eigenvalue weighted by atomic mass is 10.3. The van der Waals surface area contributed by atoms with Gasteiger partial charge in [-0.15, -0.1) is 0 Å². The van der Waals surface area contributed by atoms with Crippen LogP contribution in [-0.2, 0) is 0 Å². The lowest BCUT2D eigenvalue weighted by Gasteiger charge is -1.88. The predicted molar refractivity (Wildman–Crippen MR) is 86.5 cm³/mol. The number of para-hydroxylation sites is 1. The molecule has 1 aromatic rings. The molecule has 0 radical (unpaired) electrons. The zero-order valence-corrected chi connectivity index (χ0v) is 13.4. The quantitative estimate of drug-likeness (QED) is 0.397. The minimum Gasteiger partial charge on any atom is -0.352 e. The fourth-order valence-electron chi connectivity index (χ4n) is 0.724. The average Bonchev–Trinajstić information content (AvgIpc) is 2.33. The van der Waals surface area contributed by atoms with Gasteiger partial charge in [0, 0.05) is 57.3 Å². The highest BCUT2D eigenvalue weighted by atomic mass is 128. The van der Waals surface area contributed by atoms with E-state index in [9.17, 15) is 14.9 Å². The third-order valence-electron chi connectivity index (χ3n) is 1.32. The Balaban J connectivity index is -0.000000222. The molecule has 6 nitrogen and oxygen atoms in total. The largest absolute Gasteiger partial charge is 0.352 e. The van der Waals surface area contributed by atoms with Gasteiger partial charge in [0.1, 0.15) is 0 Å². The first-order valence-electron chi connectivity index (χ1n) is 4.45. The van der Waals surface area contributed by atoms with E-state index in [1.807, 2.05) is 6.92 Å². The van der Waals surface area contributed by atoms with Gasteiger partial charge in [0.15, 0.2) is 0 Å². The maximum atomic E-state index is 10.0. The molecule has 0 fully saturated rings. The Labute approximate surface area is 124 Å². The lowest BCUT2D eigenvalue weighted by molar-refractivity contribution is -0.384. The molecule has 17 heavy (non-hydrogen) atoms. The van der Waals surface area contributed by atoms with Crippen molar-refractivity contribution in [3.63, 3.8) is 0 Å². The van der Waals surface area contributed by atoms with E-state index >= 15 is 0 Å². The van der Waals surface area contributed by atoms with Crippen molar-refractivity contribution in [2.75, 3.05) is 6.54 Å². The van der Waals surface area contributed by atoms with Crippen molar-refractivity contribution in [1.29, 1.82) is 0 Å². The van der Waals surface area contributed by atoms with Gasteiger partial charge in [0.05, 0.1) is 4.92 Å². The second-order valence-corrected chi connectivity index (χ2v) is 2.49. The molecule has 1 rings (SSSR count). The zero-order valence-electron chi connectivity index (χ0n) is 9.10. The van der Waals surface area contributed by atoms with Crippen LogP contribution in [0.3, 0.4) is 0 Å². The molecule has 2 amide bonds. The number of non-ortho nitro benzene ring substituents is 1. The Kier molecular flexibility index (Phi) is 14.8. The second kappa shape index (κ2) is 13.4. The summed E-state index contributed by atoms with van der Waals surface area (Å²) in [6, 6.07) is 7.47. The summed E-state index contributed by atoms with van der Waals surface area (Å²) >= 11 is 4.24. The van der Waals surface area contributed by atoms with Crippen molar-refractivity contribution >= 4 is 49.0 Å². The van der Waals surface area contributed by atoms with E-state index in [1.54, 1.807) is 18.2 Å². The van der Waals surface area contributed by atoms with Crippen molar-refractivity contribution in [1.82, 2.24) is 5.32 Å². The first-order valence-corrected chi connectivity index (χ1v) is 10.7. The topological polar surface area (TPSA) is 98.3 Å². The molecular formula is C9H15I2N3O3. The molecule has 0 atom stereocenters. The van der Waals surface area contributed by atoms with Gasteiger partial charge < -0.3 is 11.1 Å². The maximum absolute atomic E-state index is 10.0. The van der Waals surface area contributed by atoms with Crippen molar-refractivity contribution in [2.24, 2.45) is 5.73 Å². The molecule has 0 heterocycles. The fourth-order valence-corrected chi connectivity index (χ4v) is 0.724. The third-order valence-corrected chi connectivity index (χ3v) is 1.32. The van der Waals surface area contributed by atoms with Gasteiger partial charge in [0.2, 0.25) is 0 Å². The van der Waals surface area contributed by atoms with Gasteiger partial charge in [-0.2, -0.15) is 0 Å². The number of rotatable bonds is 2. The highest BCUT2D eigenvalue weighted by Crippen LogP contribution is 2.06. The van der Waals surface area contributed by atoms with Crippen LogP contribution in [0.1, 0.15) is 8.35 Å². The molecule has 8 heteroatoms. The first kappa shape index (κ1) is 18.7. The number of hydrogen-bond acceptors (Lipinski definition) is 3. The molecule has 0 bridgehead atoms. The molecule has 0 aliphatic heterocycles. The lowest BCUT2D eigenvalue weighted by Crippen LogP contribution is -2.28. The number of nitrogens with two attached hydrogens (primary N) is 1. The summed E-state index contributed by atoms with van der Waals surface area (Å²) in [4.78, 5) is 19.3. The molecule has 0 saturated carbocycles. The normalized spacial score (nSPS) is 7.71. The van der Waals surface area contributed by atoms with E-state index in [1.165, 1.54) is 12.1 Å². The van der Waals surface area contributed by atoms with E-state index in [0.29, 0.717) is 6.54 Å². The average molecular weight is 467 g/mol. The van der Waals surface area contributed by atoms with E-state index in [-0.39, 0.29) is 7.11 Å². The number of nitro groups is 1. The number of nitro benzene ring substituents is 1. The van der Waals surface area contributed by atoms with Crippen LogP contribution in [0, 0.1) is 10.1 Å². The minimum absolute atomic E-state index is 0. The van der Waals surface area contributed by atoms with Gasteiger partial charge in [-0.1, -0.05) is 18.2 Å². The SMILES string of the molecule is CCNC(N)=O.II.O=[N+]([O-])c1ccccc1.[HH]. The molecular weight excluding hydrogens is 452 g/mol. The zero-order chi connectivity index (χ0) is 13.7. The van der Waals surface area contributed by atoms with Crippen molar-refractivity contribution in [2.45, 2.75) is 6.92 Å². The molecule has 98 valence electrons. The molecule has 0 unspecified atom stereocenters. The Morgan fingerprint density at radius 2 is 1.94 bits per heavy atom. The number of carbonyl (C=O) groups excluding carboxylic acids is 1. The number of carbonyl (C=O) groups is 1. The molecule has 0 spiro atoms. The second-order valence-electron chi connectivity index (χ2n) is 2.49. The Hall–Kier alpha value is -0.650.